The summed E-state index contributed by atoms with van der Waals surface area (Å²) in [5, 5.41) is 11.2. The molecule has 124 valence electrons. The van der Waals surface area contributed by atoms with Gasteiger partial charge in [-0.25, -0.2) is 4.39 Å². The van der Waals surface area contributed by atoms with E-state index in [0.717, 1.165) is 13.1 Å². The molecular weight excluding hydrogens is 301 g/mol. The first-order valence-electron chi connectivity index (χ1n) is 8.45. The number of rotatable bonds is 3. The molecule has 0 spiro atoms. The highest BCUT2D eigenvalue weighted by molar-refractivity contribution is 5.44. The van der Waals surface area contributed by atoms with Crippen LogP contribution in [0.5, 0.6) is 0 Å². The maximum absolute atomic E-state index is 13.7. The quantitative estimate of drug-likeness (QED) is 0.873. The Balaban J connectivity index is 1.91. The van der Waals surface area contributed by atoms with Crippen LogP contribution in [0.15, 0.2) is 54.6 Å². The van der Waals surface area contributed by atoms with E-state index in [1.54, 1.807) is 12.1 Å². The van der Waals surface area contributed by atoms with E-state index in [-0.39, 0.29) is 5.82 Å². The van der Waals surface area contributed by atoms with E-state index in [4.69, 9.17) is 0 Å². The molecule has 3 heteroatoms. The van der Waals surface area contributed by atoms with Gasteiger partial charge in [-0.05, 0) is 38.1 Å². The molecule has 2 nitrogen and oxygen atoms in total. The lowest BCUT2D eigenvalue weighted by atomic mass is 9.87. The molecule has 0 amide bonds. The van der Waals surface area contributed by atoms with Crippen LogP contribution in [0.3, 0.4) is 0 Å². The highest BCUT2D eigenvalue weighted by Gasteiger charge is 2.29. The number of benzene rings is 2. The van der Waals surface area contributed by atoms with Gasteiger partial charge in [0.2, 0.25) is 0 Å². The monoisotopic (exact) mass is 323 g/mol. The average Bonchev–Trinajstić information content (AvgIpc) is 2.63. The zero-order chi connectivity index (χ0) is 16.8. The van der Waals surface area contributed by atoms with E-state index in [2.05, 4.69) is 16.7 Å². The van der Waals surface area contributed by atoms with Crippen molar-refractivity contribution in [3.8, 4) is 11.8 Å². The fourth-order valence-corrected chi connectivity index (χ4v) is 3.10. The van der Waals surface area contributed by atoms with Gasteiger partial charge >= 0.3 is 0 Å². The molecule has 2 aromatic carbocycles. The summed E-state index contributed by atoms with van der Waals surface area (Å²) in [7, 11) is 0. The predicted octanol–water partition coefficient (Wildman–Crippen LogP) is 3.55. The van der Waals surface area contributed by atoms with Gasteiger partial charge in [-0.2, -0.15) is 0 Å². The molecular formula is C21H22FNO. The molecule has 1 atom stereocenters. The summed E-state index contributed by atoms with van der Waals surface area (Å²) in [5.41, 5.74) is -0.388. The average molecular weight is 323 g/mol. The van der Waals surface area contributed by atoms with Crippen LogP contribution in [0.1, 0.15) is 30.4 Å². The smallest absolute Gasteiger partial charge is 0.177 e. The first-order chi connectivity index (χ1) is 11.7. The van der Waals surface area contributed by atoms with E-state index < -0.39 is 5.60 Å². The lowest BCUT2D eigenvalue weighted by molar-refractivity contribution is 0.144. The van der Waals surface area contributed by atoms with Crippen LogP contribution in [0.2, 0.25) is 0 Å². The molecule has 1 aliphatic heterocycles. The third kappa shape index (κ3) is 3.84. The van der Waals surface area contributed by atoms with Gasteiger partial charge in [-0.3, -0.25) is 4.90 Å². The van der Waals surface area contributed by atoms with Crippen molar-refractivity contribution in [2.45, 2.75) is 24.9 Å². The summed E-state index contributed by atoms with van der Waals surface area (Å²) in [4.78, 5) is 2.30. The maximum Gasteiger partial charge on any atom is 0.177 e. The Labute approximate surface area is 142 Å². The number of halogens is 1. The zero-order valence-electron chi connectivity index (χ0n) is 13.7. The highest BCUT2D eigenvalue weighted by atomic mass is 19.1. The van der Waals surface area contributed by atoms with Crippen molar-refractivity contribution < 1.29 is 9.50 Å². The number of piperidine rings is 1. The molecule has 1 N–H and O–H groups in total. The zero-order valence-corrected chi connectivity index (χ0v) is 13.7. The fraction of sp³-hybridized carbons (Fsp3) is 0.333. The Morgan fingerprint density at radius 1 is 0.958 bits per heavy atom. The lowest BCUT2D eigenvalue weighted by Gasteiger charge is -2.25. The molecule has 1 aliphatic rings. The second-order valence-electron chi connectivity index (χ2n) is 6.23. The van der Waals surface area contributed by atoms with E-state index in [1.165, 1.54) is 31.4 Å². The third-order valence-electron chi connectivity index (χ3n) is 4.45. The van der Waals surface area contributed by atoms with Crippen LogP contribution in [0.4, 0.5) is 4.39 Å². The van der Waals surface area contributed by atoms with E-state index in [9.17, 15) is 9.50 Å². The molecule has 1 heterocycles. The van der Waals surface area contributed by atoms with Gasteiger partial charge in [0.05, 0.1) is 6.54 Å². The second kappa shape index (κ2) is 7.61. The van der Waals surface area contributed by atoms with Crippen molar-refractivity contribution in [1.82, 2.24) is 4.90 Å². The first kappa shape index (κ1) is 16.7. The number of aliphatic hydroxyl groups is 1. The Morgan fingerprint density at radius 3 is 2.38 bits per heavy atom. The molecule has 0 aromatic heterocycles. The van der Waals surface area contributed by atoms with Crippen molar-refractivity contribution >= 4 is 0 Å². The highest BCUT2D eigenvalue weighted by Crippen LogP contribution is 2.29. The van der Waals surface area contributed by atoms with Gasteiger partial charge < -0.3 is 5.11 Å². The number of nitrogens with zero attached hydrogens (tertiary/aromatic N) is 1. The molecule has 0 unspecified atom stereocenters. The normalized spacial score (nSPS) is 17.6. The van der Waals surface area contributed by atoms with Gasteiger partial charge in [0.25, 0.3) is 0 Å². The van der Waals surface area contributed by atoms with Crippen LogP contribution in [-0.2, 0) is 5.60 Å². The summed E-state index contributed by atoms with van der Waals surface area (Å²) >= 11 is 0. The van der Waals surface area contributed by atoms with Crippen molar-refractivity contribution in [3.63, 3.8) is 0 Å². The summed E-state index contributed by atoms with van der Waals surface area (Å²) < 4.78 is 13.7. The molecule has 0 aliphatic carbocycles. The van der Waals surface area contributed by atoms with E-state index >= 15 is 0 Å². The minimum Gasteiger partial charge on any atom is -0.369 e. The topological polar surface area (TPSA) is 23.5 Å². The van der Waals surface area contributed by atoms with Crippen LogP contribution in [0.25, 0.3) is 0 Å². The molecule has 0 radical (unpaired) electrons. The molecule has 1 fully saturated rings. The van der Waals surface area contributed by atoms with Crippen molar-refractivity contribution in [1.29, 1.82) is 0 Å². The van der Waals surface area contributed by atoms with Crippen molar-refractivity contribution in [2.24, 2.45) is 0 Å². The third-order valence-corrected chi connectivity index (χ3v) is 4.45. The van der Waals surface area contributed by atoms with Gasteiger partial charge in [0.15, 0.2) is 5.60 Å². The van der Waals surface area contributed by atoms with Gasteiger partial charge in [-0.1, -0.05) is 60.7 Å². The summed E-state index contributed by atoms with van der Waals surface area (Å²) in [6.45, 7) is 2.74. The Morgan fingerprint density at radius 2 is 1.67 bits per heavy atom. The standard InChI is InChI=1S/C21H22FNO/c22-20-12-7-11-19(17-20)21(24,18-9-3-1-4-10-18)13-8-16-23-14-5-2-6-15-23/h1,3-4,7,9-12,17,24H,2,5-6,14-16H2/t21-/m1/s1. The minimum atomic E-state index is -1.50. The largest absolute Gasteiger partial charge is 0.369 e. The minimum absolute atomic E-state index is 0.375. The molecule has 1 saturated heterocycles. The van der Waals surface area contributed by atoms with Gasteiger partial charge in [-0.15, -0.1) is 0 Å². The summed E-state index contributed by atoms with van der Waals surface area (Å²) in [6.07, 6.45) is 3.68. The maximum atomic E-state index is 13.7. The number of likely N-dealkylation sites (tertiary alicyclic amines) is 1. The van der Waals surface area contributed by atoms with E-state index in [1.807, 2.05) is 30.3 Å². The summed E-state index contributed by atoms with van der Waals surface area (Å²) in [5.74, 6) is 5.74. The SMILES string of the molecule is O[C@](C#CCN1CCCCC1)(c1ccccc1)c1cccc(F)c1. The van der Waals surface area contributed by atoms with Crippen molar-refractivity contribution in [3.05, 3.63) is 71.5 Å². The molecule has 3 rings (SSSR count). The fourth-order valence-electron chi connectivity index (χ4n) is 3.10. The molecule has 24 heavy (non-hydrogen) atoms. The molecule has 0 saturated carbocycles. The Hall–Kier alpha value is -2.15. The molecule has 2 aromatic rings. The Kier molecular flexibility index (Phi) is 5.30. The van der Waals surface area contributed by atoms with Gasteiger partial charge in [0, 0.05) is 11.1 Å². The van der Waals surface area contributed by atoms with E-state index in [0.29, 0.717) is 17.7 Å². The molecule has 0 bridgehead atoms. The first-order valence-corrected chi connectivity index (χ1v) is 8.45. The van der Waals surface area contributed by atoms with Crippen LogP contribution in [0, 0.1) is 17.7 Å². The second-order valence-corrected chi connectivity index (χ2v) is 6.23. The van der Waals surface area contributed by atoms with Crippen LogP contribution < -0.4 is 0 Å². The van der Waals surface area contributed by atoms with Crippen molar-refractivity contribution in [2.75, 3.05) is 19.6 Å². The predicted molar refractivity (Wildman–Crippen MR) is 93.9 cm³/mol. The lowest BCUT2D eigenvalue weighted by Crippen LogP contribution is -2.31. The number of hydrogen-bond acceptors (Lipinski definition) is 2. The van der Waals surface area contributed by atoms with Gasteiger partial charge in [0.1, 0.15) is 5.82 Å². The summed E-state index contributed by atoms with van der Waals surface area (Å²) in [6, 6.07) is 15.3. The number of hydrogen-bond donors (Lipinski definition) is 1. The van der Waals surface area contributed by atoms with Crippen LogP contribution in [-0.4, -0.2) is 29.6 Å². The Bertz CT molecular complexity index is 728. The van der Waals surface area contributed by atoms with Crippen LogP contribution >= 0.6 is 0 Å².